The fourth-order valence-corrected chi connectivity index (χ4v) is 4.49. The molecule has 4 rings (SSSR count). The molecule has 1 saturated heterocycles. The molecule has 0 saturated carbocycles. The standard InChI is InChI=1S/C21H27NO5/c1-13-9-22(10-14(2)26-13)11-15(23)12-25-16-6-7-18-17-4-3-5-19(17)21(24)27-20(18)8-16/h6-8,13-15,23H,3-5,9-12H2,1-2H3/p+1/t13-,14-,15+/m1/s1. The molecular formula is C21H28NO5+. The van der Waals surface area contributed by atoms with Crippen molar-refractivity contribution in [2.45, 2.75) is 51.4 Å². The second kappa shape index (κ2) is 7.62. The molecular weight excluding hydrogens is 346 g/mol. The summed E-state index contributed by atoms with van der Waals surface area (Å²) in [7, 11) is 0. The number of nitrogens with one attached hydrogen (secondary N) is 1. The van der Waals surface area contributed by atoms with Gasteiger partial charge in [0.2, 0.25) is 0 Å². The fraction of sp³-hybridized carbons (Fsp3) is 0.571. The first-order chi connectivity index (χ1) is 13.0. The quantitative estimate of drug-likeness (QED) is 0.755. The van der Waals surface area contributed by atoms with Gasteiger partial charge in [-0.1, -0.05) is 0 Å². The van der Waals surface area contributed by atoms with Crippen molar-refractivity contribution < 1.29 is 23.9 Å². The van der Waals surface area contributed by atoms with E-state index in [0.29, 0.717) is 17.9 Å². The summed E-state index contributed by atoms with van der Waals surface area (Å²) in [5, 5.41) is 11.4. The lowest BCUT2D eigenvalue weighted by atomic mass is 10.1. The monoisotopic (exact) mass is 374 g/mol. The molecule has 0 bridgehead atoms. The fourth-order valence-electron chi connectivity index (χ4n) is 4.49. The van der Waals surface area contributed by atoms with Gasteiger partial charge in [0.1, 0.15) is 55.9 Å². The van der Waals surface area contributed by atoms with Gasteiger partial charge in [0.25, 0.3) is 0 Å². The van der Waals surface area contributed by atoms with Gasteiger partial charge in [0.15, 0.2) is 0 Å². The van der Waals surface area contributed by atoms with E-state index in [0.717, 1.165) is 48.9 Å². The molecule has 2 aromatic rings. The van der Waals surface area contributed by atoms with Crippen molar-refractivity contribution in [2.24, 2.45) is 0 Å². The van der Waals surface area contributed by atoms with E-state index in [1.165, 1.54) is 4.90 Å². The Bertz CT molecular complexity index is 867. The van der Waals surface area contributed by atoms with Crippen LogP contribution in [0.2, 0.25) is 0 Å². The molecule has 2 aliphatic rings. The average molecular weight is 374 g/mol. The number of aliphatic hydroxyl groups is 1. The molecule has 1 fully saturated rings. The van der Waals surface area contributed by atoms with Crippen LogP contribution in [-0.2, 0) is 17.6 Å². The zero-order valence-electron chi connectivity index (χ0n) is 16.0. The van der Waals surface area contributed by atoms with E-state index in [9.17, 15) is 9.90 Å². The van der Waals surface area contributed by atoms with Crippen molar-refractivity contribution in [1.29, 1.82) is 0 Å². The first-order valence-electron chi connectivity index (χ1n) is 9.88. The number of aliphatic hydroxyl groups excluding tert-OH is 1. The molecule has 27 heavy (non-hydrogen) atoms. The molecule has 1 aromatic carbocycles. The maximum Gasteiger partial charge on any atom is 0.339 e. The third-order valence-corrected chi connectivity index (χ3v) is 5.53. The molecule has 6 nitrogen and oxygen atoms in total. The van der Waals surface area contributed by atoms with E-state index in [1.54, 1.807) is 6.07 Å². The first kappa shape index (κ1) is 18.5. The maximum atomic E-state index is 12.1. The number of hydrogen-bond donors (Lipinski definition) is 2. The number of aryl methyl sites for hydroxylation is 1. The second-order valence-electron chi connectivity index (χ2n) is 7.94. The summed E-state index contributed by atoms with van der Waals surface area (Å²) in [4.78, 5) is 13.4. The van der Waals surface area contributed by atoms with Crippen molar-refractivity contribution in [2.75, 3.05) is 26.2 Å². The summed E-state index contributed by atoms with van der Waals surface area (Å²) in [6.07, 6.45) is 2.60. The van der Waals surface area contributed by atoms with Crippen LogP contribution in [0.4, 0.5) is 0 Å². The molecule has 1 aromatic heterocycles. The number of rotatable bonds is 5. The highest BCUT2D eigenvalue weighted by molar-refractivity contribution is 5.83. The molecule has 2 heterocycles. The van der Waals surface area contributed by atoms with Crippen LogP contribution >= 0.6 is 0 Å². The smallest absolute Gasteiger partial charge is 0.339 e. The van der Waals surface area contributed by atoms with Gasteiger partial charge >= 0.3 is 5.63 Å². The van der Waals surface area contributed by atoms with Crippen molar-refractivity contribution in [3.05, 3.63) is 39.7 Å². The summed E-state index contributed by atoms with van der Waals surface area (Å²) in [5.41, 5.74) is 2.27. The minimum Gasteiger partial charge on any atom is -0.491 e. The van der Waals surface area contributed by atoms with Crippen molar-refractivity contribution in [3.8, 4) is 5.75 Å². The van der Waals surface area contributed by atoms with E-state index in [2.05, 4.69) is 13.8 Å². The lowest BCUT2D eigenvalue weighted by molar-refractivity contribution is -0.918. The van der Waals surface area contributed by atoms with Gasteiger partial charge in [-0.2, -0.15) is 0 Å². The van der Waals surface area contributed by atoms with Crippen LogP contribution in [-0.4, -0.2) is 49.7 Å². The van der Waals surface area contributed by atoms with Gasteiger partial charge in [0, 0.05) is 17.0 Å². The maximum absolute atomic E-state index is 12.1. The van der Waals surface area contributed by atoms with Gasteiger partial charge in [0.05, 0.1) is 0 Å². The Hall–Kier alpha value is -1.89. The summed E-state index contributed by atoms with van der Waals surface area (Å²) >= 11 is 0. The summed E-state index contributed by atoms with van der Waals surface area (Å²) < 4.78 is 17.0. The molecule has 0 radical (unpaired) electrons. The largest absolute Gasteiger partial charge is 0.491 e. The predicted molar refractivity (Wildman–Crippen MR) is 102 cm³/mol. The van der Waals surface area contributed by atoms with E-state index >= 15 is 0 Å². The van der Waals surface area contributed by atoms with E-state index < -0.39 is 6.10 Å². The number of benzene rings is 1. The highest BCUT2D eigenvalue weighted by atomic mass is 16.5. The molecule has 0 amide bonds. The van der Waals surface area contributed by atoms with E-state index in [1.807, 2.05) is 12.1 Å². The summed E-state index contributed by atoms with van der Waals surface area (Å²) in [6.45, 7) is 6.78. The van der Waals surface area contributed by atoms with Gasteiger partial charge in [-0.05, 0) is 50.8 Å². The van der Waals surface area contributed by atoms with Crippen LogP contribution in [0.25, 0.3) is 11.0 Å². The van der Waals surface area contributed by atoms with Crippen molar-refractivity contribution >= 4 is 11.0 Å². The molecule has 146 valence electrons. The zero-order chi connectivity index (χ0) is 19.0. The number of ether oxygens (including phenoxy) is 2. The molecule has 1 aliphatic carbocycles. The van der Waals surface area contributed by atoms with Crippen LogP contribution in [0.1, 0.15) is 31.4 Å². The van der Waals surface area contributed by atoms with Crippen LogP contribution in [0, 0.1) is 0 Å². The molecule has 3 atom stereocenters. The Balaban J connectivity index is 1.40. The van der Waals surface area contributed by atoms with E-state index in [-0.39, 0.29) is 24.4 Å². The number of hydrogen-bond acceptors (Lipinski definition) is 5. The van der Waals surface area contributed by atoms with Gasteiger partial charge < -0.3 is 23.9 Å². The number of morpholine rings is 1. The molecule has 1 aliphatic heterocycles. The van der Waals surface area contributed by atoms with Gasteiger partial charge in [-0.25, -0.2) is 4.79 Å². The average Bonchev–Trinajstić information content (AvgIpc) is 3.09. The topological polar surface area (TPSA) is 73.3 Å². The third-order valence-electron chi connectivity index (χ3n) is 5.53. The number of fused-ring (bicyclic) bond motifs is 3. The number of quaternary nitrogens is 1. The van der Waals surface area contributed by atoms with E-state index in [4.69, 9.17) is 13.9 Å². The second-order valence-corrected chi connectivity index (χ2v) is 7.94. The Kier molecular flexibility index (Phi) is 5.21. The highest BCUT2D eigenvalue weighted by Crippen LogP contribution is 2.29. The minimum atomic E-state index is -0.555. The zero-order valence-corrected chi connectivity index (χ0v) is 16.0. The Morgan fingerprint density at radius 3 is 2.74 bits per heavy atom. The highest BCUT2D eigenvalue weighted by Gasteiger charge is 2.27. The van der Waals surface area contributed by atoms with Gasteiger partial charge in [-0.15, -0.1) is 0 Å². The van der Waals surface area contributed by atoms with Crippen LogP contribution in [0.15, 0.2) is 27.4 Å². The minimum absolute atomic E-state index is 0.210. The summed E-state index contributed by atoms with van der Waals surface area (Å²) in [5.74, 6) is 0.612. The van der Waals surface area contributed by atoms with Gasteiger partial charge in [-0.3, -0.25) is 0 Å². The molecule has 2 N–H and O–H groups in total. The molecule has 0 unspecified atom stereocenters. The SMILES string of the molecule is C[C@@H]1C[NH+](C[C@H](O)COc2ccc3c4c(c(=O)oc3c2)CCC4)C[C@@H](C)O1. The third kappa shape index (κ3) is 4.03. The van der Waals surface area contributed by atoms with Crippen molar-refractivity contribution in [1.82, 2.24) is 0 Å². The van der Waals surface area contributed by atoms with Crippen LogP contribution < -0.4 is 15.3 Å². The lowest BCUT2D eigenvalue weighted by Gasteiger charge is -2.33. The summed E-state index contributed by atoms with van der Waals surface area (Å²) in [6, 6.07) is 5.61. The van der Waals surface area contributed by atoms with Crippen molar-refractivity contribution in [3.63, 3.8) is 0 Å². The Morgan fingerprint density at radius 1 is 1.22 bits per heavy atom. The Labute approximate surface area is 158 Å². The Morgan fingerprint density at radius 2 is 1.96 bits per heavy atom. The van der Waals surface area contributed by atoms with Crippen LogP contribution in [0.3, 0.4) is 0 Å². The molecule has 0 spiro atoms. The molecule has 6 heteroatoms. The normalized spacial score (nSPS) is 26.1. The predicted octanol–water partition coefficient (Wildman–Crippen LogP) is 0.714. The first-order valence-corrected chi connectivity index (χ1v) is 9.88. The lowest BCUT2D eigenvalue weighted by Crippen LogP contribution is -3.16. The van der Waals surface area contributed by atoms with Crippen LogP contribution in [0.5, 0.6) is 5.75 Å².